The number of hydrogen-bond acceptors (Lipinski definition) is 8. The quantitative estimate of drug-likeness (QED) is 0.400. The minimum atomic E-state index is -0.347. The van der Waals surface area contributed by atoms with Gasteiger partial charge < -0.3 is 18.9 Å². The number of carbonyl (C=O) groups is 2. The molecular weight excluding hydrogens is 468 g/mol. The van der Waals surface area contributed by atoms with Crippen molar-refractivity contribution < 1.29 is 28.5 Å². The first-order valence-electron chi connectivity index (χ1n) is 10.9. The standard InChI is InChI=1S/C26H26N2O6S/c1-16(29)19-9-8-18(31-2)13-23(19)34-15-26(30)28-21(14-20(27-28)25-6-5-11-35-25)17-7-10-22(32-3)24(12-17)33-4/h5-13,21H,14-15H2,1-4H3. The van der Waals surface area contributed by atoms with Crippen LogP contribution in [-0.2, 0) is 4.79 Å². The van der Waals surface area contributed by atoms with Gasteiger partial charge in [0.1, 0.15) is 11.5 Å². The second-order valence-electron chi connectivity index (χ2n) is 7.80. The van der Waals surface area contributed by atoms with E-state index in [4.69, 9.17) is 18.9 Å². The van der Waals surface area contributed by atoms with E-state index in [1.54, 1.807) is 43.8 Å². The van der Waals surface area contributed by atoms with Gasteiger partial charge in [-0.1, -0.05) is 12.1 Å². The molecule has 3 aromatic rings. The number of carbonyl (C=O) groups excluding carboxylic acids is 2. The van der Waals surface area contributed by atoms with E-state index in [2.05, 4.69) is 5.10 Å². The van der Waals surface area contributed by atoms with Gasteiger partial charge in [0.05, 0.1) is 43.5 Å². The molecule has 4 rings (SSSR count). The van der Waals surface area contributed by atoms with Crippen molar-refractivity contribution in [2.45, 2.75) is 19.4 Å². The molecule has 35 heavy (non-hydrogen) atoms. The number of ketones is 1. The highest BCUT2D eigenvalue weighted by Gasteiger charge is 2.34. The number of benzene rings is 2. The summed E-state index contributed by atoms with van der Waals surface area (Å²) in [5, 5.41) is 8.08. The van der Waals surface area contributed by atoms with E-state index in [1.807, 2.05) is 35.7 Å². The van der Waals surface area contributed by atoms with E-state index in [0.717, 1.165) is 16.2 Å². The molecule has 0 radical (unpaired) electrons. The SMILES string of the molecule is COc1ccc(C(C)=O)c(OCC(=O)N2N=C(c3cccs3)CC2c2ccc(OC)c(OC)c2)c1. The van der Waals surface area contributed by atoms with Gasteiger partial charge in [0.15, 0.2) is 23.9 Å². The minimum Gasteiger partial charge on any atom is -0.497 e. The van der Waals surface area contributed by atoms with E-state index in [-0.39, 0.29) is 30.1 Å². The van der Waals surface area contributed by atoms with Crippen molar-refractivity contribution in [2.24, 2.45) is 5.10 Å². The summed E-state index contributed by atoms with van der Waals surface area (Å²) in [4.78, 5) is 26.4. The maximum absolute atomic E-state index is 13.4. The topological polar surface area (TPSA) is 86.7 Å². The summed E-state index contributed by atoms with van der Waals surface area (Å²) in [7, 11) is 4.67. The van der Waals surface area contributed by atoms with Crippen LogP contribution in [0, 0.1) is 0 Å². The molecule has 0 fully saturated rings. The van der Waals surface area contributed by atoms with Gasteiger partial charge in [0.2, 0.25) is 0 Å². The summed E-state index contributed by atoms with van der Waals surface area (Å²) in [5.41, 5.74) is 2.05. The predicted molar refractivity (Wildman–Crippen MR) is 133 cm³/mol. The molecule has 0 bridgehead atoms. The first-order chi connectivity index (χ1) is 16.9. The molecule has 182 valence electrons. The number of rotatable bonds is 9. The lowest BCUT2D eigenvalue weighted by molar-refractivity contribution is -0.135. The van der Waals surface area contributed by atoms with E-state index in [0.29, 0.717) is 29.2 Å². The third-order valence-electron chi connectivity index (χ3n) is 5.68. The highest BCUT2D eigenvalue weighted by molar-refractivity contribution is 7.12. The van der Waals surface area contributed by atoms with Gasteiger partial charge in [0, 0.05) is 12.5 Å². The summed E-state index contributed by atoms with van der Waals surface area (Å²) in [6.07, 6.45) is 0.541. The van der Waals surface area contributed by atoms with Gasteiger partial charge in [-0.3, -0.25) is 9.59 Å². The van der Waals surface area contributed by atoms with Crippen molar-refractivity contribution in [3.8, 4) is 23.0 Å². The normalized spacial score (nSPS) is 14.9. The molecule has 1 aliphatic rings. The zero-order valence-electron chi connectivity index (χ0n) is 19.9. The zero-order valence-corrected chi connectivity index (χ0v) is 20.8. The van der Waals surface area contributed by atoms with Crippen LogP contribution in [0.4, 0.5) is 0 Å². The third-order valence-corrected chi connectivity index (χ3v) is 6.60. The van der Waals surface area contributed by atoms with Crippen molar-refractivity contribution in [3.05, 3.63) is 69.9 Å². The highest BCUT2D eigenvalue weighted by Crippen LogP contribution is 2.38. The van der Waals surface area contributed by atoms with Crippen molar-refractivity contribution in [3.63, 3.8) is 0 Å². The van der Waals surface area contributed by atoms with Gasteiger partial charge in [-0.15, -0.1) is 11.3 Å². The van der Waals surface area contributed by atoms with E-state index < -0.39 is 0 Å². The predicted octanol–water partition coefficient (Wildman–Crippen LogP) is 4.73. The second kappa shape index (κ2) is 10.6. The Labute approximate surface area is 207 Å². The Morgan fingerprint density at radius 2 is 1.80 bits per heavy atom. The summed E-state index contributed by atoms with van der Waals surface area (Å²) in [6, 6.07) is 14.0. The molecule has 0 saturated heterocycles. The van der Waals surface area contributed by atoms with Crippen LogP contribution < -0.4 is 18.9 Å². The molecule has 0 N–H and O–H groups in total. The van der Waals surface area contributed by atoms with Crippen molar-refractivity contribution >= 4 is 28.7 Å². The van der Waals surface area contributed by atoms with E-state index >= 15 is 0 Å². The first kappa shape index (κ1) is 24.3. The first-order valence-corrected chi connectivity index (χ1v) is 11.8. The van der Waals surface area contributed by atoms with Crippen LogP contribution in [0.2, 0.25) is 0 Å². The van der Waals surface area contributed by atoms with E-state index in [9.17, 15) is 9.59 Å². The van der Waals surface area contributed by atoms with Gasteiger partial charge in [0.25, 0.3) is 5.91 Å². The minimum absolute atomic E-state index is 0.169. The smallest absolute Gasteiger partial charge is 0.281 e. The maximum Gasteiger partial charge on any atom is 0.281 e. The fourth-order valence-electron chi connectivity index (χ4n) is 3.90. The summed E-state index contributed by atoms with van der Waals surface area (Å²) in [6.45, 7) is 1.15. The van der Waals surface area contributed by atoms with Gasteiger partial charge >= 0.3 is 0 Å². The molecule has 1 amide bonds. The average molecular weight is 495 g/mol. The Morgan fingerprint density at radius 3 is 2.46 bits per heavy atom. The number of amides is 1. The Hall–Kier alpha value is -3.85. The lowest BCUT2D eigenvalue weighted by atomic mass is 10.0. The molecule has 2 aromatic carbocycles. The third kappa shape index (κ3) is 5.14. The number of hydrazone groups is 1. The molecule has 1 aliphatic heterocycles. The lowest BCUT2D eigenvalue weighted by Crippen LogP contribution is -2.31. The van der Waals surface area contributed by atoms with Gasteiger partial charge in [-0.2, -0.15) is 5.10 Å². The van der Waals surface area contributed by atoms with Crippen LogP contribution in [0.5, 0.6) is 23.0 Å². The molecule has 0 saturated carbocycles. The van der Waals surface area contributed by atoms with E-state index in [1.165, 1.54) is 19.0 Å². The number of hydrogen-bond donors (Lipinski definition) is 0. The molecule has 0 aliphatic carbocycles. The lowest BCUT2D eigenvalue weighted by Gasteiger charge is -2.23. The second-order valence-corrected chi connectivity index (χ2v) is 8.75. The van der Waals surface area contributed by atoms with Crippen LogP contribution in [0.3, 0.4) is 0 Å². The van der Waals surface area contributed by atoms with Crippen LogP contribution in [0.1, 0.15) is 40.2 Å². The number of nitrogens with zero attached hydrogens (tertiary/aromatic N) is 2. The number of thiophene rings is 1. The average Bonchev–Trinajstić information content (AvgIpc) is 3.57. The highest BCUT2D eigenvalue weighted by atomic mass is 32.1. The van der Waals surface area contributed by atoms with Gasteiger partial charge in [-0.25, -0.2) is 5.01 Å². The van der Waals surface area contributed by atoms with Crippen LogP contribution >= 0.6 is 11.3 Å². The fourth-order valence-corrected chi connectivity index (χ4v) is 4.62. The Kier molecular flexibility index (Phi) is 7.36. The molecule has 1 atom stereocenters. The van der Waals surface area contributed by atoms with Crippen molar-refractivity contribution in [1.29, 1.82) is 0 Å². The van der Waals surface area contributed by atoms with Crippen LogP contribution in [-0.4, -0.2) is 50.3 Å². The molecule has 1 aromatic heterocycles. The summed E-state index contributed by atoms with van der Waals surface area (Å²) >= 11 is 1.57. The van der Waals surface area contributed by atoms with Crippen molar-refractivity contribution in [2.75, 3.05) is 27.9 Å². The Morgan fingerprint density at radius 1 is 1.00 bits per heavy atom. The Bertz CT molecular complexity index is 1250. The molecule has 8 nitrogen and oxygen atoms in total. The molecule has 0 spiro atoms. The molecular formula is C26H26N2O6S. The number of methoxy groups -OCH3 is 3. The summed E-state index contributed by atoms with van der Waals surface area (Å²) in [5.74, 6) is 1.48. The number of ether oxygens (including phenoxy) is 4. The maximum atomic E-state index is 13.4. The number of Topliss-reactive ketones (excluding diaryl/α,β-unsaturated/α-hetero) is 1. The van der Waals surface area contributed by atoms with Crippen LogP contribution in [0.15, 0.2) is 59.0 Å². The van der Waals surface area contributed by atoms with Gasteiger partial charge in [-0.05, 0) is 48.2 Å². The summed E-state index contributed by atoms with van der Waals surface area (Å²) < 4.78 is 21.9. The fraction of sp³-hybridized carbons (Fsp3) is 0.269. The Balaban J connectivity index is 1.62. The van der Waals surface area contributed by atoms with Crippen LogP contribution in [0.25, 0.3) is 0 Å². The molecule has 1 unspecified atom stereocenters. The van der Waals surface area contributed by atoms with Crippen molar-refractivity contribution in [1.82, 2.24) is 5.01 Å². The monoisotopic (exact) mass is 494 g/mol. The molecule has 2 heterocycles. The largest absolute Gasteiger partial charge is 0.497 e. The molecule has 9 heteroatoms. The zero-order chi connectivity index (χ0) is 24.9.